The second-order valence-electron chi connectivity index (χ2n) is 4.85. The number of nitrogens with one attached hydrogen (secondary N) is 1. The summed E-state index contributed by atoms with van der Waals surface area (Å²) in [6.07, 6.45) is 0.479. The summed E-state index contributed by atoms with van der Waals surface area (Å²) in [6, 6.07) is 7.13. The Bertz CT molecular complexity index is 404. The van der Waals surface area contributed by atoms with Gasteiger partial charge in [-0.1, -0.05) is 17.7 Å². The van der Waals surface area contributed by atoms with Gasteiger partial charge in [0.05, 0.1) is 0 Å². The van der Waals surface area contributed by atoms with Gasteiger partial charge < -0.3 is 11.1 Å². The van der Waals surface area contributed by atoms with Gasteiger partial charge in [0.25, 0.3) is 0 Å². The highest BCUT2D eigenvalue weighted by molar-refractivity contribution is 7.99. The molecule has 5 heteroatoms. The summed E-state index contributed by atoms with van der Waals surface area (Å²) in [6.45, 7) is 3.96. The zero-order valence-corrected chi connectivity index (χ0v) is 12.3. The number of nitrogens with two attached hydrogens (primary N) is 1. The molecule has 18 heavy (non-hydrogen) atoms. The Morgan fingerprint density at radius 1 is 1.50 bits per heavy atom. The van der Waals surface area contributed by atoms with Crippen molar-refractivity contribution in [2.45, 2.75) is 25.8 Å². The number of thioether (sulfide) groups is 1. The summed E-state index contributed by atoms with van der Waals surface area (Å²) in [5.41, 5.74) is 6.40. The Hall–Kier alpha value is -0.710. The molecular formula is C13H19ClN2OS. The highest BCUT2D eigenvalue weighted by Crippen LogP contribution is 2.16. The van der Waals surface area contributed by atoms with Crippen LogP contribution in [0.15, 0.2) is 24.3 Å². The van der Waals surface area contributed by atoms with Crippen LogP contribution in [0.2, 0.25) is 5.02 Å². The molecule has 0 saturated carbocycles. The maximum atomic E-state index is 11.6. The quantitative estimate of drug-likeness (QED) is 0.790. The number of halogens is 1. The lowest BCUT2D eigenvalue weighted by molar-refractivity contribution is -0.115. The van der Waals surface area contributed by atoms with Crippen LogP contribution in [0.3, 0.4) is 0 Å². The average molecular weight is 287 g/mol. The number of carbonyl (C=O) groups is 1. The van der Waals surface area contributed by atoms with Gasteiger partial charge in [0.1, 0.15) is 0 Å². The van der Waals surface area contributed by atoms with Crippen molar-refractivity contribution in [1.82, 2.24) is 0 Å². The summed E-state index contributed by atoms with van der Waals surface area (Å²) in [5, 5.41) is 3.43. The zero-order valence-electron chi connectivity index (χ0n) is 10.7. The van der Waals surface area contributed by atoms with E-state index in [2.05, 4.69) is 5.32 Å². The summed E-state index contributed by atoms with van der Waals surface area (Å²) in [7, 11) is 0. The first-order valence-electron chi connectivity index (χ1n) is 5.79. The molecule has 3 N–H and O–H groups in total. The molecule has 0 aliphatic carbocycles. The monoisotopic (exact) mass is 286 g/mol. The molecule has 0 aliphatic heterocycles. The van der Waals surface area contributed by atoms with Gasteiger partial charge in [-0.2, -0.15) is 11.8 Å². The molecule has 0 spiro atoms. The van der Waals surface area contributed by atoms with E-state index in [1.807, 2.05) is 26.0 Å². The molecule has 0 atom stereocenters. The number of benzene rings is 1. The molecule has 3 nitrogen and oxygen atoms in total. The fourth-order valence-corrected chi connectivity index (χ4v) is 2.48. The van der Waals surface area contributed by atoms with Crippen molar-refractivity contribution in [3.8, 4) is 0 Å². The van der Waals surface area contributed by atoms with E-state index in [0.717, 1.165) is 17.2 Å². The number of hydrogen-bond donors (Lipinski definition) is 2. The van der Waals surface area contributed by atoms with Crippen LogP contribution < -0.4 is 11.1 Å². The Balaban J connectivity index is 2.26. The fourth-order valence-electron chi connectivity index (χ4n) is 1.29. The van der Waals surface area contributed by atoms with Crippen molar-refractivity contribution in [2.75, 3.05) is 16.8 Å². The molecule has 0 heterocycles. The van der Waals surface area contributed by atoms with E-state index < -0.39 is 0 Å². The van der Waals surface area contributed by atoms with E-state index in [1.165, 1.54) is 0 Å². The van der Waals surface area contributed by atoms with Crippen molar-refractivity contribution in [2.24, 2.45) is 5.73 Å². The molecule has 0 fully saturated rings. The Kier molecular flexibility index (Phi) is 5.99. The standard InChI is InChI=1S/C13H19ClN2OS/c1-13(2,15)9-18-7-6-12(17)16-11-5-3-4-10(14)8-11/h3-5,8H,6-7,9,15H2,1-2H3,(H,16,17). The highest BCUT2D eigenvalue weighted by Gasteiger charge is 2.10. The number of carbonyl (C=O) groups excluding carboxylic acids is 1. The van der Waals surface area contributed by atoms with Gasteiger partial charge in [0, 0.05) is 34.2 Å². The van der Waals surface area contributed by atoms with Crippen LogP contribution in [-0.2, 0) is 4.79 Å². The summed E-state index contributed by atoms with van der Waals surface area (Å²) in [5.74, 6) is 1.62. The topological polar surface area (TPSA) is 55.1 Å². The summed E-state index contributed by atoms with van der Waals surface area (Å²) < 4.78 is 0. The lowest BCUT2D eigenvalue weighted by atomic mass is 10.1. The average Bonchev–Trinajstić information content (AvgIpc) is 2.23. The third kappa shape index (κ3) is 6.89. The normalized spacial score (nSPS) is 11.3. The molecule has 0 saturated heterocycles. The van der Waals surface area contributed by atoms with Crippen LogP contribution >= 0.6 is 23.4 Å². The number of anilines is 1. The maximum Gasteiger partial charge on any atom is 0.225 e. The van der Waals surface area contributed by atoms with E-state index in [9.17, 15) is 4.79 Å². The van der Waals surface area contributed by atoms with E-state index in [1.54, 1.807) is 23.9 Å². The van der Waals surface area contributed by atoms with Crippen LogP contribution in [-0.4, -0.2) is 23.0 Å². The lowest BCUT2D eigenvalue weighted by Gasteiger charge is -2.17. The molecule has 1 aromatic carbocycles. The third-order valence-corrected chi connectivity index (χ3v) is 3.73. The van der Waals surface area contributed by atoms with Gasteiger partial charge >= 0.3 is 0 Å². The number of rotatable bonds is 6. The van der Waals surface area contributed by atoms with Crippen LogP contribution in [0.4, 0.5) is 5.69 Å². The van der Waals surface area contributed by atoms with Gasteiger partial charge in [-0.25, -0.2) is 0 Å². The van der Waals surface area contributed by atoms with Crippen LogP contribution in [0.5, 0.6) is 0 Å². The first kappa shape index (κ1) is 15.3. The molecule has 100 valence electrons. The molecule has 1 amide bonds. The number of hydrogen-bond acceptors (Lipinski definition) is 3. The summed E-state index contributed by atoms with van der Waals surface area (Å²) in [4.78, 5) is 11.6. The maximum absolute atomic E-state index is 11.6. The van der Waals surface area contributed by atoms with E-state index >= 15 is 0 Å². The van der Waals surface area contributed by atoms with Gasteiger partial charge in [-0.15, -0.1) is 0 Å². The number of amides is 1. The van der Waals surface area contributed by atoms with Crippen LogP contribution in [0.25, 0.3) is 0 Å². The highest BCUT2D eigenvalue weighted by atomic mass is 35.5. The van der Waals surface area contributed by atoms with E-state index in [4.69, 9.17) is 17.3 Å². The molecule has 1 rings (SSSR count). The van der Waals surface area contributed by atoms with Gasteiger partial charge in [-0.3, -0.25) is 4.79 Å². The van der Waals surface area contributed by atoms with Gasteiger partial charge in [0.15, 0.2) is 0 Å². The molecule has 0 radical (unpaired) electrons. The Morgan fingerprint density at radius 3 is 2.83 bits per heavy atom. The Labute approximate surface area is 117 Å². The van der Waals surface area contributed by atoms with E-state index in [0.29, 0.717) is 11.4 Å². The molecule has 1 aromatic rings. The minimum atomic E-state index is -0.186. The third-order valence-electron chi connectivity index (χ3n) is 2.06. The molecule has 0 aromatic heterocycles. The minimum Gasteiger partial charge on any atom is -0.326 e. The van der Waals surface area contributed by atoms with Crippen molar-refractivity contribution < 1.29 is 4.79 Å². The Morgan fingerprint density at radius 2 is 2.22 bits per heavy atom. The van der Waals surface area contributed by atoms with Crippen molar-refractivity contribution >= 4 is 35.0 Å². The van der Waals surface area contributed by atoms with Crippen LogP contribution in [0, 0.1) is 0 Å². The van der Waals surface area contributed by atoms with Crippen molar-refractivity contribution in [1.29, 1.82) is 0 Å². The molecule has 0 bridgehead atoms. The van der Waals surface area contributed by atoms with Gasteiger partial charge in [-0.05, 0) is 32.0 Å². The molecular weight excluding hydrogens is 268 g/mol. The fraction of sp³-hybridized carbons (Fsp3) is 0.462. The van der Waals surface area contributed by atoms with Crippen LogP contribution in [0.1, 0.15) is 20.3 Å². The molecule has 0 aliphatic rings. The smallest absolute Gasteiger partial charge is 0.225 e. The lowest BCUT2D eigenvalue weighted by Crippen LogP contribution is -2.34. The van der Waals surface area contributed by atoms with Crippen molar-refractivity contribution in [3.05, 3.63) is 29.3 Å². The largest absolute Gasteiger partial charge is 0.326 e. The molecule has 0 unspecified atom stereocenters. The van der Waals surface area contributed by atoms with E-state index in [-0.39, 0.29) is 11.4 Å². The minimum absolute atomic E-state index is 0.000376. The predicted molar refractivity (Wildman–Crippen MR) is 80.3 cm³/mol. The second-order valence-corrected chi connectivity index (χ2v) is 6.39. The first-order chi connectivity index (χ1) is 8.37. The summed E-state index contributed by atoms with van der Waals surface area (Å²) >= 11 is 7.53. The van der Waals surface area contributed by atoms with Gasteiger partial charge in [0.2, 0.25) is 5.91 Å². The first-order valence-corrected chi connectivity index (χ1v) is 7.32. The second kappa shape index (κ2) is 7.02. The SMILES string of the molecule is CC(C)(N)CSCCC(=O)Nc1cccc(Cl)c1. The van der Waals surface area contributed by atoms with Crippen molar-refractivity contribution in [3.63, 3.8) is 0 Å². The zero-order chi connectivity index (χ0) is 13.6. The predicted octanol–water partition coefficient (Wildman–Crippen LogP) is 3.14.